The molecule has 0 atom stereocenters. The molecule has 0 fully saturated rings. The molecule has 0 saturated carbocycles. The number of nitrogens with one attached hydrogen (secondary N) is 2. The van der Waals surface area contributed by atoms with E-state index in [1.807, 2.05) is 6.07 Å². The van der Waals surface area contributed by atoms with E-state index in [4.69, 9.17) is 21.4 Å². The van der Waals surface area contributed by atoms with E-state index in [0.717, 1.165) is 5.56 Å². The van der Waals surface area contributed by atoms with Crippen molar-refractivity contribution in [1.82, 2.24) is 15.6 Å². The molecule has 8 heteroatoms. The largest absolute Gasteiger partial charge is 0.340 e. The van der Waals surface area contributed by atoms with Crippen LogP contribution in [0.1, 0.15) is 15.9 Å². The Morgan fingerprint density at radius 1 is 1.12 bits per heavy atom. The standard InChI is InChI=1S/C16H10ClN5O2/c17-13-7-5-11(6-8-13)14-19-16(24-22-14)21-20-15(23)12-3-1-10(9-18)2-4-12/h1-8H,(H,20,23)(H,19,21,22). The highest BCUT2D eigenvalue weighted by atomic mass is 35.5. The van der Waals surface area contributed by atoms with Crippen molar-refractivity contribution in [3.8, 4) is 17.5 Å². The van der Waals surface area contributed by atoms with Gasteiger partial charge in [-0.25, -0.2) is 5.43 Å². The molecule has 7 nitrogen and oxygen atoms in total. The predicted octanol–water partition coefficient (Wildman–Crippen LogP) is 3.02. The number of hydrogen-bond acceptors (Lipinski definition) is 6. The first-order valence-corrected chi connectivity index (χ1v) is 7.19. The molecule has 2 aromatic carbocycles. The number of nitrogens with zero attached hydrogens (tertiary/aromatic N) is 3. The van der Waals surface area contributed by atoms with Gasteiger partial charge in [-0.1, -0.05) is 16.8 Å². The van der Waals surface area contributed by atoms with Crippen LogP contribution in [0.2, 0.25) is 5.02 Å². The fraction of sp³-hybridized carbons (Fsp3) is 0. The quantitative estimate of drug-likeness (QED) is 0.708. The van der Waals surface area contributed by atoms with E-state index in [-0.39, 0.29) is 6.01 Å². The zero-order chi connectivity index (χ0) is 16.9. The van der Waals surface area contributed by atoms with Crippen molar-refractivity contribution in [2.75, 3.05) is 5.43 Å². The molecule has 0 aliphatic heterocycles. The molecule has 1 amide bonds. The van der Waals surface area contributed by atoms with Gasteiger partial charge in [-0.15, -0.1) is 0 Å². The van der Waals surface area contributed by atoms with Gasteiger partial charge < -0.3 is 4.52 Å². The van der Waals surface area contributed by atoms with E-state index in [0.29, 0.717) is 22.0 Å². The Morgan fingerprint density at radius 3 is 2.50 bits per heavy atom. The molecule has 3 rings (SSSR count). The van der Waals surface area contributed by atoms with Crippen LogP contribution in [0.5, 0.6) is 0 Å². The number of hydrazine groups is 1. The molecule has 0 unspecified atom stereocenters. The summed E-state index contributed by atoms with van der Waals surface area (Å²) < 4.78 is 5.01. The van der Waals surface area contributed by atoms with E-state index in [1.54, 1.807) is 48.5 Å². The molecule has 24 heavy (non-hydrogen) atoms. The minimum Gasteiger partial charge on any atom is -0.313 e. The van der Waals surface area contributed by atoms with Gasteiger partial charge in [-0.3, -0.25) is 10.2 Å². The van der Waals surface area contributed by atoms with Crippen molar-refractivity contribution in [1.29, 1.82) is 5.26 Å². The summed E-state index contributed by atoms with van der Waals surface area (Å²) in [4.78, 5) is 16.1. The number of nitriles is 1. The predicted molar refractivity (Wildman–Crippen MR) is 87.0 cm³/mol. The second-order valence-electron chi connectivity index (χ2n) is 4.70. The Balaban J connectivity index is 1.63. The Hall–Kier alpha value is -3.37. The van der Waals surface area contributed by atoms with E-state index in [1.165, 1.54) is 0 Å². The first-order chi connectivity index (χ1) is 11.7. The summed E-state index contributed by atoms with van der Waals surface area (Å²) in [6.45, 7) is 0. The summed E-state index contributed by atoms with van der Waals surface area (Å²) in [7, 11) is 0. The lowest BCUT2D eigenvalue weighted by atomic mass is 10.1. The molecule has 2 N–H and O–H groups in total. The Morgan fingerprint density at radius 2 is 1.83 bits per heavy atom. The van der Waals surface area contributed by atoms with Gasteiger partial charge in [0.15, 0.2) is 0 Å². The van der Waals surface area contributed by atoms with Crippen LogP contribution >= 0.6 is 11.6 Å². The van der Waals surface area contributed by atoms with Crippen LogP contribution in [0.25, 0.3) is 11.4 Å². The third-order valence-corrected chi connectivity index (χ3v) is 3.34. The summed E-state index contributed by atoms with van der Waals surface area (Å²) >= 11 is 5.82. The van der Waals surface area contributed by atoms with Crippen molar-refractivity contribution in [2.45, 2.75) is 0 Å². The Bertz CT molecular complexity index is 897. The van der Waals surface area contributed by atoms with Crippen LogP contribution in [-0.2, 0) is 0 Å². The number of benzene rings is 2. The lowest BCUT2D eigenvalue weighted by Gasteiger charge is -2.03. The monoisotopic (exact) mass is 339 g/mol. The molecule has 0 aliphatic rings. The van der Waals surface area contributed by atoms with E-state index < -0.39 is 5.91 Å². The maximum absolute atomic E-state index is 12.0. The number of hydrogen-bond donors (Lipinski definition) is 2. The molecular formula is C16H10ClN5O2. The maximum atomic E-state index is 12.0. The van der Waals surface area contributed by atoms with Crippen molar-refractivity contribution >= 4 is 23.5 Å². The fourth-order valence-electron chi connectivity index (χ4n) is 1.87. The number of carbonyl (C=O) groups is 1. The summed E-state index contributed by atoms with van der Waals surface area (Å²) in [5.74, 6) is -0.0347. The SMILES string of the molecule is N#Cc1ccc(C(=O)NNc2nc(-c3ccc(Cl)cc3)no2)cc1. The number of rotatable bonds is 4. The van der Waals surface area contributed by atoms with Gasteiger partial charge in [0.2, 0.25) is 5.82 Å². The molecule has 0 spiro atoms. The van der Waals surface area contributed by atoms with Crippen LogP contribution < -0.4 is 10.9 Å². The lowest BCUT2D eigenvalue weighted by Crippen LogP contribution is -2.29. The summed E-state index contributed by atoms with van der Waals surface area (Å²) in [6.07, 6.45) is 0. The van der Waals surface area contributed by atoms with Gasteiger partial charge in [0.05, 0.1) is 11.6 Å². The minimum atomic E-state index is -0.397. The van der Waals surface area contributed by atoms with Gasteiger partial charge >= 0.3 is 6.01 Å². The molecule has 0 radical (unpaired) electrons. The number of anilines is 1. The highest BCUT2D eigenvalue weighted by molar-refractivity contribution is 6.30. The van der Waals surface area contributed by atoms with E-state index in [2.05, 4.69) is 21.0 Å². The zero-order valence-corrected chi connectivity index (χ0v) is 12.9. The average Bonchev–Trinajstić information content (AvgIpc) is 3.09. The molecule has 0 aliphatic carbocycles. The number of carbonyl (C=O) groups excluding carboxylic acids is 1. The third kappa shape index (κ3) is 3.51. The second kappa shape index (κ2) is 6.81. The van der Waals surface area contributed by atoms with Crippen LogP contribution in [-0.4, -0.2) is 16.0 Å². The summed E-state index contributed by atoms with van der Waals surface area (Å²) in [5.41, 5.74) is 6.57. The zero-order valence-electron chi connectivity index (χ0n) is 12.2. The molecule has 1 aromatic heterocycles. The van der Waals surface area contributed by atoms with Crippen molar-refractivity contribution in [3.63, 3.8) is 0 Å². The van der Waals surface area contributed by atoms with Gasteiger partial charge in [0, 0.05) is 16.1 Å². The Labute approximate surface area is 141 Å². The van der Waals surface area contributed by atoms with Crippen LogP contribution in [0.4, 0.5) is 6.01 Å². The molecular weight excluding hydrogens is 330 g/mol. The minimum absolute atomic E-state index is 0.0435. The number of amides is 1. The highest BCUT2D eigenvalue weighted by Crippen LogP contribution is 2.19. The van der Waals surface area contributed by atoms with Crippen LogP contribution in [0, 0.1) is 11.3 Å². The Kier molecular flexibility index (Phi) is 4.40. The van der Waals surface area contributed by atoms with Crippen LogP contribution in [0.15, 0.2) is 53.1 Å². The van der Waals surface area contributed by atoms with Crippen molar-refractivity contribution in [2.24, 2.45) is 0 Å². The molecule has 0 saturated heterocycles. The van der Waals surface area contributed by atoms with Crippen LogP contribution in [0.3, 0.4) is 0 Å². The van der Waals surface area contributed by atoms with Crippen molar-refractivity contribution in [3.05, 3.63) is 64.7 Å². The van der Waals surface area contributed by atoms with Gasteiger partial charge in [-0.2, -0.15) is 10.2 Å². The molecule has 118 valence electrons. The summed E-state index contributed by atoms with van der Waals surface area (Å²) in [5, 5.41) is 13.1. The molecule has 3 aromatic rings. The molecule has 0 bridgehead atoms. The topological polar surface area (TPSA) is 104 Å². The average molecular weight is 340 g/mol. The maximum Gasteiger partial charge on any atom is 0.340 e. The van der Waals surface area contributed by atoms with Gasteiger partial charge in [0.1, 0.15) is 0 Å². The first-order valence-electron chi connectivity index (χ1n) is 6.82. The smallest absolute Gasteiger partial charge is 0.313 e. The number of aromatic nitrogens is 2. The highest BCUT2D eigenvalue weighted by Gasteiger charge is 2.10. The lowest BCUT2D eigenvalue weighted by molar-refractivity contribution is 0.0961. The normalized spacial score (nSPS) is 10.0. The van der Waals surface area contributed by atoms with E-state index >= 15 is 0 Å². The van der Waals surface area contributed by atoms with Gasteiger partial charge in [-0.05, 0) is 48.5 Å². The third-order valence-electron chi connectivity index (χ3n) is 3.09. The molecule has 1 heterocycles. The second-order valence-corrected chi connectivity index (χ2v) is 5.13. The van der Waals surface area contributed by atoms with E-state index in [9.17, 15) is 4.79 Å². The number of halogens is 1. The fourth-order valence-corrected chi connectivity index (χ4v) is 1.99. The summed E-state index contributed by atoms with van der Waals surface area (Å²) in [6, 6.07) is 15.2. The van der Waals surface area contributed by atoms with Crippen molar-refractivity contribution < 1.29 is 9.32 Å². The van der Waals surface area contributed by atoms with Gasteiger partial charge in [0.25, 0.3) is 5.91 Å². The first kappa shape index (κ1) is 15.5.